The van der Waals surface area contributed by atoms with Gasteiger partial charge in [-0.25, -0.2) is 14.4 Å². The van der Waals surface area contributed by atoms with Crippen LogP contribution in [0.1, 0.15) is 12.0 Å². The van der Waals surface area contributed by atoms with E-state index in [0.29, 0.717) is 61.7 Å². The summed E-state index contributed by atoms with van der Waals surface area (Å²) in [6.07, 6.45) is 2.62. The van der Waals surface area contributed by atoms with Crippen molar-refractivity contribution in [2.24, 2.45) is 0 Å². The standard InChI is InChI=1S/C24H24FN7O2/c1-34-20-8-5-17(6-9-20)7-10-21(33)30-11-13-31(14-12-30)23-22-24(27-16-26-23)32(29-28-22)19-4-2-3-18(25)15-19/h2-6,8-9,15-16H,7,10-14H2,1H3. The number of rotatable bonds is 6. The molecule has 1 aliphatic heterocycles. The van der Waals surface area contributed by atoms with Gasteiger partial charge in [-0.3, -0.25) is 4.79 Å². The molecule has 4 aromatic rings. The molecule has 0 aliphatic carbocycles. The van der Waals surface area contributed by atoms with E-state index in [4.69, 9.17) is 4.74 Å². The van der Waals surface area contributed by atoms with Crippen LogP contribution in [0.25, 0.3) is 16.9 Å². The molecular weight excluding hydrogens is 437 g/mol. The summed E-state index contributed by atoms with van der Waals surface area (Å²) in [5.74, 6) is 1.25. The van der Waals surface area contributed by atoms with E-state index in [1.54, 1.807) is 19.2 Å². The number of carbonyl (C=O) groups excluding carboxylic acids is 1. The third-order valence-electron chi connectivity index (χ3n) is 5.99. The van der Waals surface area contributed by atoms with E-state index in [9.17, 15) is 9.18 Å². The highest BCUT2D eigenvalue weighted by atomic mass is 19.1. The molecule has 0 bridgehead atoms. The number of carbonyl (C=O) groups is 1. The quantitative estimate of drug-likeness (QED) is 0.436. The predicted octanol–water partition coefficient (Wildman–Crippen LogP) is 2.64. The van der Waals surface area contributed by atoms with Crippen LogP contribution in [0.4, 0.5) is 10.2 Å². The summed E-state index contributed by atoms with van der Waals surface area (Å²) in [7, 11) is 1.64. The number of nitrogens with zero attached hydrogens (tertiary/aromatic N) is 7. The number of ether oxygens (including phenoxy) is 1. The van der Waals surface area contributed by atoms with E-state index >= 15 is 0 Å². The highest BCUT2D eigenvalue weighted by Gasteiger charge is 2.24. The Labute approximate surface area is 195 Å². The number of hydrogen-bond donors (Lipinski definition) is 0. The topological polar surface area (TPSA) is 89.3 Å². The van der Waals surface area contributed by atoms with Crippen molar-refractivity contribution in [1.82, 2.24) is 29.9 Å². The third kappa shape index (κ3) is 4.39. The minimum absolute atomic E-state index is 0.139. The molecule has 0 radical (unpaired) electrons. The van der Waals surface area contributed by atoms with Crippen molar-refractivity contribution in [1.29, 1.82) is 0 Å². The number of piperazine rings is 1. The van der Waals surface area contributed by atoms with Crippen molar-refractivity contribution in [2.75, 3.05) is 38.2 Å². The normalized spacial score (nSPS) is 13.9. The summed E-state index contributed by atoms with van der Waals surface area (Å²) in [6.45, 7) is 2.47. The van der Waals surface area contributed by atoms with E-state index < -0.39 is 0 Å². The fourth-order valence-corrected chi connectivity index (χ4v) is 4.12. The van der Waals surface area contributed by atoms with Gasteiger partial charge in [0.15, 0.2) is 17.0 Å². The lowest BCUT2D eigenvalue weighted by Gasteiger charge is -2.35. The molecule has 5 rings (SSSR count). The monoisotopic (exact) mass is 461 g/mol. The van der Waals surface area contributed by atoms with Gasteiger partial charge in [-0.05, 0) is 42.3 Å². The molecule has 10 heteroatoms. The number of halogens is 1. The molecule has 0 N–H and O–H groups in total. The highest BCUT2D eigenvalue weighted by molar-refractivity contribution is 5.84. The fraction of sp³-hybridized carbons (Fsp3) is 0.292. The molecular formula is C24H24FN7O2. The molecule has 0 unspecified atom stereocenters. The van der Waals surface area contributed by atoms with Crippen LogP contribution in [-0.4, -0.2) is 69.1 Å². The summed E-state index contributed by atoms with van der Waals surface area (Å²) in [5.41, 5.74) is 2.71. The molecule has 34 heavy (non-hydrogen) atoms. The Bertz CT molecular complexity index is 1300. The van der Waals surface area contributed by atoms with Gasteiger partial charge in [0, 0.05) is 32.6 Å². The maximum Gasteiger partial charge on any atom is 0.223 e. The van der Waals surface area contributed by atoms with Crippen LogP contribution >= 0.6 is 0 Å². The van der Waals surface area contributed by atoms with Crippen LogP contribution in [0.5, 0.6) is 5.75 Å². The summed E-state index contributed by atoms with van der Waals surface area (Å²) in [4.78, 5) is 25.5. The third-order valence-corrected chi connectivity index (χ3v) is 5.99. The van der Waals surface area contributed by atoms with Crippen LogP contribution in [0, 0.1) is 5.82 Å². The molecule has 0 spiro atoms. The van der Waals surface area contributed by atoms with Gasteiger partial charge in [-0.1, -0.05) is 23.4 Å². The number of aryl methyl sites for hydroxylation is 1. The van der Waals surface area contributed by atoms with Gasteiger partial charge in [0.1, 0.15) is 17.9 Å². The molecule has 9 nitrogen and oxygen atoms in total. The van der Waals surface area contributed by atoms with Crippen molar-refractivity contribution >= 4 is 22.9 Å². The van der Waals surface area contributed by atoms with E-state index in [1.165, 1.54) is 23.1 Å². The number of amides is 1. The summed E-state index contributed by atoms with van der Waals surface area (Å²) < 4.78 is 20.4. The second-order valence-electron chi connectivity index (χ2n) is 8.07. The number of anilines is 1. The van der Waals surface area contributed by atoms with E-state index in [-0.39, 0.29) is 11.7 Å². The van der Waals surface area contributed by atoms with Crippen LogP contribution in [0.15, 0.2) is 54.9 Å². The Morgan fingerprint density at radius 3 is 2.59 bits per heavy atom. The number of fused-ring (bicyclic) bond motifs is 1. The van der Waals surface area contributed by atoms with E-state index in [1.807, 2.05) is 29.2 Å². The van der Waals surface area contributed by atoms with Gasteiger partial charge < -0.3 is 14.5 Å². The molecule has 0 atom stereocenters. The lowest BCUT2D eigenvalue weighted by Crippen LogP contribution is -2.49. The molecule has 2 aromatic carbocycles. The lowest BCUT2D eigenvalue weighted by molar-refractivity contribution is -0.131. The zero-order chi connectivity index (χ0) is 23.5. The molecule has 174 valence electrons. The first-order valence-corrected chi connectivity index (χ1v) is 11.1. The number of aromatic nitrogens is 5. The summed E-state index contributed by atoms with van der Waals surface area (Å²) >= 11 is 0. The van der Waals surface area contributed by atoms with Gasteiger partial charge in [-0.15, -0.1) is 5.10 Å². The van der Waals surface area contributed by atoms with Crippen molar-refractivity contribution in [3.8, 4) is 11.4 Å². The Morgan fingerprint density at radius 2 is 1.85 bits per heavy atom. The van der Waals surface area contributed by atoms with Gasteiger partial charge in [-0.2, -0.15) is 4.68 Å². The van der Waals surface area contributed by atoms with Gasteiger partial charge in [0.05, 0.1) is 12.8 Å². The Morgan fingerprint density at radius 1 is 1.06 bits per heavy atom. The van der Waals surface area contributed by atoms with Gasteiger partial charge in [0.25, 0.3) is 0 Å². The first-order chi connectivity index (χ1) is 16.6. The Balaban J connectivity index is 1.24. The second-order valence-corrected chi connectivity index (χ2v) is 8.07. The first kappa shape index (κ1) is 21.7. The Hall–Kier alpha value is -4.08. The zero-order valence-corrected chi connectivity index (χ0v) is 18.8. The fourth-order valence-electron chi connectivity index (χ4n) is 4.12. The first-order valence-electron chi connectivity index (χ1n) is 11.1. The molecule has 1 aliphatic rings. The molecule has 1 amide bonds. The molecule has 3 heterocycles. The molecule has 0 saturated carbocycles. The second kappa shape index (κ2) is 9.42. The van der Waals surface area contributed by atoms with Crippen LogP contribution < -0.4 is 9.64 Å². The minimum atomic E-state index is -0.358. The predicted molar refractivity (Wildman–Crippen MR) is 125 cm³/mol. The smallest absolute Gasteiger partial charge is 0.223 e. The van der Waals surface area contributed by atoms with E-state index in [2.05, 4.69) is 25.2 Å². The van der Waals surface area contributed by atoms with E-state index in [0.717, 1.165) is 11.3 Å². The Kier molecular flexibility index (Phi) is 6.03. The van der Waals surface area contributed by atoms with Crippen LogP contribution in [-0.2, 0) is 11.2 Å². The molecule has 1 fully saturated rings. The summed E-state index contributed by atoms with van der Waals surface area (Å²) in [6, 6.07) is 13.9. The zero-order valence-electron chi connectivity index (χ0n) is 18.8. The van der Waals surface area contributed by atoms with Crippen molar-refractivity contribution in [2.45, 2.75) is 12.8 Å². The highest BCUT2D eigenvalue weighted by Crippen LogP contribution is 2.24. The average Bonchev–Trinajstić information content (AvgIpc) is 3.32. The van der Waals surface area contributed by atoms with Crippen molar-refractivity contribution < 1.29 is 13.9 Å². The van der Waals surface area contributed by atoms with Crippen LogP contribution in [0.3, 0.4) is 0 Å². The van der Waals surface area contributed by atoms with Crippen molar-refractivity contribution in [3.63, 3.8) is 0 Å². The maximum atomic E-state index is 13.7. The largest absolute Gasteiger partial charge is 0.497 e. The van der Waals surface area contributed by atoms with Crippen molar-refractivity contribution in [3.05, 3.63) is 66.2 Å². The number of benzene rings is 2. The minimum Gasteiger partial charge on any atom is -0.497 e. The van der Waals surface area contributed by atoms with Gasteiger partial charge >= 0.3 is 0 Å². The number of methoxy groups -OCH3 is 1. The molecule has 2 aromatic heterocycles. The van der Waals surface area contributed by atoms with Crippen LogP contribution in [0.2, 0.25) is 0 Å². The molecule has 1 saturated heterocycles. The van der Waals surface area contributed by atoms with Gasteiger partial charge in [0.2, 0.25) is 5.91 Å². The maximum absolute atomic E-state index is 13.7. The summed E-state index contributed by atoms with van der Waals surface area (Å²) in [5, 5.41) is 8.43. The average molecular weight is 462 g/mol. The lowest BCUT2D eigenvalue weighted by atomic mass is 10.1. The SMILES string of the molecule is COc1ccc(CCC(=O)N2CCN(c3ncnc4c3nnn4-c3cccc(F)c3)CC2)cc1. The number of hydrogen-bond acceptors (Lipinski definition) is 7.